The number of anilines is 1. The number of rotatable bonds is 2. The molecule has 2 fully saturated rings. The molecule has 2 heterocycles. The third kappa shape index (κ3) is 2.29. The predicted molar refractivity (Wildman–Crippen MR) is 89.2 cm³/mol. The van der Waals surface area contributed by atoms with Crippen LogP contribution >= 0.6 is 12.4 Å². The SMILES string of the molecule is Cl.O=C(Nc1cccc2cn[nH]c12)[C@@]12CCCC[C@H]1CNC2. The van der Waals surface area contributed by atoms with E-state index in [1.807, 2.05) is 18.2 Å². The number of hydrogen-bond acceptors (Lipinski definition) is 3. The number of aromatic amines is 1. The molecule has 6 heteroatoms. The summed E-state index contributed by atoms with van der Waals surface area (Å²) in [6.07, 6.45) is 6.34. The molecule has 2 aliphatic rings. The summed E-state index contributed by atoms with van der Waals surface area (Å²) < 4.78 is 0. The standard InChI is InChI=1S/C16H20N4O.ClH/c21-15(16-7-2-1-5-12(16)9-17-10-16)19-13-6-3-4-11-8-18-20-14(11)13;/h3-4,6,8,12,17H,1-2,5,7,9-10H2,(H,18,20)(H,19,21);1H/t12-,16+;/m0./s1. The van der Waals surface area contributed by atoms with E-state index in [0.717, 1.165) is 48.9 Å². The minimum atomic E-state index is -0.222. The molecular formula is C16H21ClN4O. The van der Waals surface area contributed by atoms with Crippen molar-refractivity contribution in [2.45, 2.75) is 25.7 Å². The number of amides is 1. The molecule has 1 aromatic carbocycles. The lowest BCUT2D eigenvalue weighted by molar-refractivity contribution is -0.128. The molecule has 0 unspecified atom stereocenters. The van der Waals surface area contributed by atoms with E-state index in [0.29, 0.717) is 5.92 Å². The van der Waals surface area contributed by atoms with Gasteiger partial charge in [-0.15, -0.1) is 12.4 Å². The minimum absolute atomic E-state index is 0. The van der Waals surface area contributed by atoms with Crippen LogP contribution in [0.2, 0.25) is 0 Å². The Morgan fingerprint density at radius 1 is 1.36 bits per heavy atom. The second kappa shape index (κ2) is 5.89. The maximum atomic E-state index is 13.0. The van der Waals surface area contributed by atoms with Gasteiger partial charge in [-0.3, -0.25) is 9.89 Å². The van der Waals surface area contributed by atoms with Crippen LogP contribution in [-0.4, -0.2) is 29.2 Å². The van der Waals surface area contributed by atoms with E-state index < -0.39 is 0 Å². The van der Waals surface area contributed by atoms with Crippen LogP contribution in [0.25, 0.3) is 10.9 Å². The van der Waals surface area contributed by atoms with Gasteiger partial charge in [0, 0.05) is 11.9 Å². The number of hydrogen-bond donors (Lipinski definition) is 3. The molecule has 2 aromatic rings. The number of benzene rings is 1. The smallest absolute Gasteiger partial charge is 0.232 e. The van der Waals surface area contributed by atoms with E-state index in [2.05, 4.69) is 20.8 Å². The molecule has 1 aromatic heterocycles. The quantitative estimate of drug-likeness (QED) is 0.797. The fraction of sp³-hybridized carbons (Fsp3) is 0.500. The molecule has 2 atom stereocenters. The normalized spacial score (nSPS) is 27.2. The lowest BCUT2D eigenvalue weighted by Crippen LogP contribution is -2.44. The topological polar surface area (TPSA) is 69.8 Å². The van der Waals surface area contributed by atoms with Gasteiger partial charge < -0.3 is 10.6 Å². The van der Waals surface area contributed by atoms with Crippen LogP contribution < -0.4 is 10.6 Å². The predicted octanol–water partition coefficient (Wildman–Crippen LogP) is 2.70. The van der Waals surface area contributed by atoms with Crippen molar-refractivity contribution < 1.29 is 4.79 Å². The van der Waals surface area contributed by atoms with Gasteiger partial charge in [-0.25, -0.2) is 0 Å². The van der Waals surface area contributed by atoms with Gasteiger partial charge in [0.2, 0.25) is 5.91 Å². The first-order valence-electron chi connectivity index (χ1n) is 7.74. The lowest BCUT2D eigenvalue weighted by atomic mass is 9.67. The number of nitrogens with one attached hydrogen (secondary N) is 3. The van der Waals surface area contributed by atoms with Gasteiger partial charge in [0.1, 0.15) is 0 Å². The fourth-order valence-corrected chi connectivity index (χ4v) is 4.01. The van der Waals surface area contributed by atoms with Crippen LogP contribution in [0, 0.1) is 11.3 Å². The highest BCUT2D eigenvalue weighted by Gasteiger charge is 2.49. The molecule has 1 saturated heterocycles. The van der Waals surface area contributed by atoms with Crippen molar-refractivity contribution in [3.8, 4) is 0 Å². The van der Waals surface area contributed by atoms with Crippen LogP contribution in [0.15, 0.2) is 24.4 Å². The molecule has 1 amide bonds. The molecule has 1 aliphatic carbocycles. The summed E-state index contributed by atoms with van der Waals surface area (Å²) in [5.74, 6) is 0.645. The van der Waals surface area contributed by atoms with Gasteiger partial charge in [-0.2, -0.15) is 5.10 Å². The summed E-state index contributed by atoms with van der Waals surface area (Å²) >= 11 is 0. The monoisotopic (exact) mass is 320 g/mol. The number of H-pyrrole nitrogens is 1. The van der Waals surface area contributed by atoms with Crippen molar-refractivity contribution in [2.75, 3.05) is 18.4 Å². The number of nitrogens with zero attached hydrogens (tertiary/aromatic N) is 1. The summed E-state index contributed by atoms with van der Waals surface area (Å²) in [6, 6.07) is 5.89. The first-order chi connectivity index (χ1) is 10.3. The summed E-state index contributed by atoms with van der Waals surface area (Å²) in [5, 5.41) is 14.6. The Bertz CT molecular complexity index is 686. The van der Waals surface area contributed by atoms with Gasteiger partial charge in [0.25, 0.3) is 0 Å². The Kier molecular flexibility index (Phi) is 4.10. The second-order valence-electron chi connectivity index (χ2n) is 6.32. The highest BCUT2D eigenvalue weighted by Crippen LogP contribution is 2.44. The van der Waals surface area contributed by atoms with Crippen molar-refractivity contribution in [1.29, 1.82) is 0 Å². The van der Waals surface area contributed by atoms with E-state index in [1.54, 1.807) is 6.20 Å². The van der Waals surface area contributed by atoms with Gasteiger partial charge in [0.15, 0.2) is 0 Å². The molecule has 3 N–H and O–H groups in total. The number of fused-ring (bicyclic) bond motifs is 2. The largest absolute Gasteiger partial charge is 0.324 e. The molecule has 22 heavy (non-hydrogen) atoms. The molecule has 4 rings (SSSR count). The van der Waals surface area contributed by atoms with Gasteiger partial charge >= 0.3 is 0 Å². The van der Waals surface area contributed by atoms with Crippen molar-refractivity contribution in [3.63, 3.8) is 0 Å². The average molecular weight is 321 g/mol. The van der Waals surface area contributed by atoms with E-state index >= 15 is 0 Å². The lowest BCUT2D eigenvalue weighted by Gasteiger charge is -2.37. The van der Waals surface area contributed by atoms with E-state index in [4.69, 9.17) is 0 Å². The first kappa shape index (κ1) is 15.3. The third-order valence-corrected chi connectivity index (χ3v) is 5.22. The van der Waals surface area contributed by atoms with E-state index in [9.17, 15) is 4.79 Å². The summed E-state index contributed by atoms with van der Waals surface area (Å²) in [5.41, 5.74) is 1.52. The Labute approximate surface area is 135 Å². The number of para-hydroxylation sites is 1. The zero-order valence-electron chi connectivity index (χ0n) is 12.4. The molecule has 118 valence electrons. The Hall–Kier alpha value is -1.59. The first-order valence-corrected chi connectivity index (χ1v) is 7.74. The molecule has 0 radical (unpaired) electrons. The molecule has 1 aliphatic heterocycles. The minimum Gasteiger partial charge on any atom is -0.324 e. The third-order valence-electron chi connectivity index (χ3n) is 5.22. The molecule has 0 bridgehead atoms. The van der Waals surface area contributed by atoms with Crippen molar-refractivity contribution in [1.82, 2.24) is 15.5 Å². The van der Waals surface area contributed by atoms with Crippen LogP contribution in [-0.2, 0) is 4.79 Å². The second-order valence-corrected chi connectivity index (χ2v) is 6.32. The molecule has 0 spiro atoms. The van der Waals surface area contributed by atoms with Crippen LogP contribution in [0.4, 0.5) is 5.69 Å². The van der Waals surface area contributed by atoms with Gasteiger partial charge in [0.05, 0.1) is 22.8 Å². The maximum Gasteiger partial charge on any atom is 0.232 e. The maximum absolute atomic E-state index is 13.0. The zero-order valence-corrected chi connectivity index (χ0v) is 13.2. The Morgan fingerprint density at radius 2 is 2.27 bits per heavy atom. The number of carbonyl (C=O) groups excluding carboxylic acids is 1. The zero-order chi connectivity index (χ0) is 14.3. The highest BCUT2D eigenvalue weighted by molar-refractivity contribution is 6.02. The fourth-order valence-electron chi connectivity index (χ4n) is 4.01. The van der Waals surface area contributed by atoms with Gasteiger partial charge in [-0.1, -0.05) is 25.0 Å². The Morgan fingerprint density at radius 3 is 3.18 bits per heavy atom. The molecular weight excluding hydrogens is 300 g/mol. The number of carbonyl (C=O) groups is 1. The van der Waals surface area contributed by atoms with Gasteiger partial charge in [-0.05, 0) is 31.4 Å². The van der Waals surface area contributed by atoms with Crippen LogP contribution in [0.3, 0.4) is 0 Å². The van der Waals surface area contributed by atoms with E-state index in [1.165, 1.54) is 6.42 Å². The van der Waals surface area contributed by atoms with Crippen LogP contribution in [0.1, 0.15) is 25.7 Å². The number of halogens is 1. The Balaban J connectivity index is 0.00000144. The summed E-state index contributed by atoms with van der Waals surface area (Å²) in [4.78, 5) is 13.0. The summed E-state index contributed by atoms with van der Waals surface area (Å²) in [7, 11) is 0. The highest BCUT2D eigenvalue weighted by atomic mass is 35.5. The van der Waals surface area contributed by atoms with Crippen molar-refractivity contribution in [2.24, 2.45) is 11.3 Å². The van der Waals surface area contributed by atoms with E-state index in [-0.39, 0.29) is 23.7 Å². The van der Waals surface area contributed by atoms with Crippen LogP contribution in [0.5, 0.6) is 0 Å². The molecule has 5 nitrogen and oxygen atoms in total. The van der Waals surface area contributed by atoms with Crippen molar-refractivity contribution >= 4 is 34.9 Å². The molecule has 1 saturated carbocycles. The average Bonchev–Trinajstić information content (AvgIpc) is 3.14. The van der Waals surface area contributed by atoms with Crippen molar-refractivity contribution in [3.05, 3.63) is 24.4 Å². The number of aromatic nitrogens is 2. The summed E-state index contributed by atoms with van der Waals surface area (Å²) in [6.45, 7) is 1.78.